The Labute approximate surface area is 184 Å². The molecule has 1 saturated heterocycles. The van der Waals surface area contributed by atoms with E-state index in [4.69, 9.17) is 14.5 Å². The van der Waals surface area contributed by atoms with Crippen molar-refractivity contribution in [3.8, 4) is 5.75 Å². The van der Waals surface area contributed by atoms with Crippen molar-refractivity contribution in [1.82, 2.24) is 4.98 Å². The first-order valence-electron chi connectivity index (χ1n) is 10.4. The Balaban J connectivity index is 1.48. The van der Waals surface area contributed by atoms with E-state index in [9.17, 15) is 4.79 Å². The number of thiophene rings is 1. The lowest BCUT2D eigenvalue weighted by Crippen LogP contribution is -2.21. The molecule has 160 valence electrons. The largest absolute Gasteiger partial charge is 0.489 e. The highest BCUT2D eigenvalue weighted by atomic mass is 32.1. The number of aryl methyl sites for hydroxylation is 1. The van der Waals surface area contributed by atoms with E-state index in [1.807, 2.05) is 31.2 Å². The highest BCUT2D eigenvalue weighted by molar-refractivity contribution is 7.29. The number of fused-ring (bicyclic) bond motifs is 1. The van der Waals surface area contributed by atoms with Crippen molar-refractivity contribution in [3.05, 3.63) is 34.7 Å². The first-order valence-corrected chi connectivity index (χ1v) is 12.0. The molecule has 0 radical (unpaired) electrons. The van der Waals surface area contributed by atoms with Gasteiger partial charge >= 0.3 is 0 Å². The van der Waals surface area contributed by atoms with Gasteiger partial charge in [0.15, 0.2) is 5.13 Å². The number of hydrogen-bond acceptors (Lipinski definition) is 7. The lowest BCUT2D eigenvalue weighted by Gasteiger charge is -2.16. The topological polar surface area (TPSA) is 63.7 Å². The van der Waals surface area contributed by atoms with Crippen LogP contribution in [0.15, 0.2) is 24.3 Å². The highest BCUT2D eigenvalue weighted by Gasteiger charge is 2.19. The number of amides is 1. The lowest BCUT2D eigenvalue weighted by molar-refractivity contribution is 0.0681. The zero-order valence-corrected chi connectivity index (χ0v) is 19.2. The molecule has 2 aromatic heterocycles. The number of nitrogens with zero attached hydrogens (tertiary/aromatic N) is 2. The van der Waals surface area contributed by atoms with Crippen molar-refractivity contribution in [2.24, 2.45) is 0 Å². The van der Waals surface area contributed by atoms with Crippen LogP contribution in [0.1, 0.15) is 41.9 Å². The molecule has 8 heteroatoms. The maximum absolute atomic E-state index is 12.9. The minimum Gasteiger partial charge on any atom is -0.489 e. The molecule has 6 nitrogen and oxygen atoms in total. The van der Waals surface area contributed by atoms with E-state index < -0.39 is 0 Å². The summed E-state index contributed by atoms with van der Waals surface area (Å²) in [5, 5.41) is 4.02. The van der Waals surface area contributed by atoms with Gasteiger partial charge in [0.1, 0.15) is 17.2 Å². The second kappa shape index (κ2) is 9.32. The zero-order valence-electron chi connectivity index (χ0n) is 17.6. The van der Waals surface area contributed by atoms with Crippen molar-refractivity contribution in [2.75, 3.05) is 36.5 Å². The van der Waals surface area contributed by atoms with Gasteiger partial charge in [0.2, 0.25) is 0 Å². The molecule has 1 atom stereocenters. The van der Waals surface area contributed by atoms with E-state index in [1.54, 1.807) is 11.3 Å². The zero-order chi connectivity index (χ0) is 21.1. The van der Waals surface area contributed by atoms with Gasteiger partial charge in [0.25, 0.3) is 5.91 Å². The van der Waals surface area contributed by atoms with Gasteiger partial charge in [-0.25, -0.2) is 4.98 Å². The Morgan fingerprint density at radius 3 is 2.83 bits per heavy atom. The van der Waals surface area contributed by atoms with Gasteiger partial charge in [-0.15, -0.1) is 11.3 Å². The molecule has 0 bridgehead atoms. The molecule has 1 amide bonds. The van der Waals surface area contributed by atoms with E-state index in [0.29, 0.717) is 22.9 Å². The summed E-state index contributed by atoms with van der Waals surface area (Å²) in [6.45, 7) is 9.40. The Morgan fingerprint density at radius 1 is 1.30 bits per heavy atom. The van der Waals surface area contributed by atoms with Crippen molar-refractivity contribution >= 4 is 48.9 Å². The van der Waals surface area contributed by atoms with Crippen molar-refractivity contribution in [3.63, 3.8) is 0 Å². The van der Waals surface area contributed by atoms with Crippen LogP contribution in [-0.2, 0) is 4.74 Å². The summed E-state index contributed by atoms with van der Waals surface area (Å²) < 4.78 is 12.7. The monoisotopic (exact) mass is 445 g/mol. The number of benzene rings is 1. The summed E-state index contributed by atoms with van der Waals surface area (Å²) in [4.78, 5) is 21.4. The number of hydrogen-bond donors (Lipinski definition) is 1. The fraction of sp³-hybridized carbons (Fsp3) is 0.455. The molecule has 1 aromatic carbocycles. The summed E-state index contributed by atoms with van der Waals surface area (Å²) in [6, 6.07) is 7.75. The Kier molecular flexibility index (Phi) is 6.55. The van der Waals surface area contributed by atoms with Crippen LogP contribution in [0.4, 0.5) is 10.8 Å². The average Bonchev–Trinajstić information content (AvgIpc) is 3.45. The number of carbonyl (C=O) groups excluding carboxylic acids is 1. The minimum atomic E-state index is -0.139. The van der Waals surface area contributed by atoms with E-state index in [-0.39, 0.29) is 12.0 Å². The molecule has 1 aliphatic heterocycles. The average molecular weight is 446 g/mol. The minimum absolute atomic E-state index is 0.129. The molecule has 3 heterocycles. The first-order chi connectivity index (χ1) is 14.6. The van der Waals surface area contributed by atoms with E-state index >= 15 is 0 Å². The molecular weight excluding hydrogens is 418 g/mol. The predicted molar refractivity (Wildman–Crippen MR) is 125 cm³/mol. The van der Waals surface area contributed by atoms with Crippen molar-refractivity contribution < 1.29 is 14.3 Å². The lowest BCUT2D eigenvalue weighted by atomic mass is 10.2. The third-order valence-electron chi connectivity index (χ3n) is 5.17. The fourth-order valence-corrected chi connectivity index (χ4v) is 5.69. The molecule has 1 aliphatic rings. The third kappa shape index (κ3) is 4.61. The number of thiazole rings is 1. The van der Waals surface area contributed by atoms with Crippen LogP contribution in [0.2, 0.25) is 0 Å². The van der Waals surface area contributed by atoms with Crippen molar-refractivity contribution in [2.45, 2.75) is 39.7 Å². The third-order valence-corrected chi connectivity index (χ3v) is 7.39. The Morgan fingerprint density at radius 2 is 2.13 bits per heavy atom. The second-order valence-electron chi connectivity index (χ2n) is 7.35. The highest BCUT2D eigenvalue weighted by Crippen LogP contribution is 2.35. The van der Waals surface area contributed by atoms with Gasteiger partial charge < -0.3 is 19.7 Å². The SMILES string of the molecule is CCN(CC)c1nc2sc(C(=O)Nc3ccc(C)cc3OCC3CCCO3)cc2s1. The molecule has 0 aliphatic carbocycles. The van der Waals surface area contributed by atoms with Crippen LogP contribution in [0.5, 0.6) is 5.75 Å². The number of nitrogens with one attached hydrogen (secondary N) is 1. The standard InChI is InChI=1S/C22H27N3O3S2/c1-4-25(5-2)22-24-21-19(30-22)12-18(29-21)20(26)23-16-9-8-14(3)11-17(16)28-13-15-7-6-10-27-15/h8-9,11-12,15H,4-7,10,13H2,1-3H3,(H,23,26). The first kappa shape index (κ1) is 21.1. The van der Waals surface area contributed by atoms with Gasteiger partial charge in [-0.2, -0.15) is 0 Å². The molecule has 0 spiro atoms. The van der Waals surface area contributed by atoms with E-state index in [2.05, 4.69) is 24.1 Å². The van der Waals surface area contributed by atoms with Gasteiger partial charge in [-0.05, 0) is 57.4 Å². The predicted octanol–water partition coefficient (Wildman–Crippen LogP) is 5.32. The van der Waals surface area contributed by atoms with Crippen LogP contribution in [0, 0.1) is 6.92 Å². The molecule has 1 N–H and O–H groups in total. The molecule has 1 unspecified atom stereocenters. The molecule has 0 saturated carbocycles. The maximum atomic E-state index is 12.9. The quantitative estimate of drug-likeness (QED) is 0.508. The molecular formula is C22H27N3O3S2. The van der Waals surface area contributed by atoms with E-state index in [1.165, 1.54) is 11.3 Å². The summed E-state index contributed by atoms with van der Waals surface area (Å²) in [5.41, 5.74) is 1.76. The van der Waals surface area contributed by atoms with Gasteiger partial charge in [0, 0.05) is 19.7 Å². The van der Waals surface area contributed by atoms with Crippen molar-refractivity contribution in [1.29, 1.82) is 0 Å². The van der Waals surface area contributed by atoms with Gasteiger partial charge in [0.05, 0.1) is 21.4 Å². The second-order valence-corrected chi connectivity index (χ2v) is 9.39. The Bertz CT molecular complexity index is 988. The van der Waals surface area contributed by atoms with Crippen LogP contribution >= 0.6 is 22.7 Å². The van der Waals surface area contributed by atoms with Crippen LogP contribution in [-0.4, -0.2) is 43.3 Å². The fourth-order valence-electron chi connectivity index (χ4n) is 3.46. The molecule has 1 fully saturated rings. The number of aromatic nitrogens is 1. The number of anilines is 2. The maximum Gasteiger partial charge on any atom is 0.265 e. The summed E-state index contributed by atoms with van der Waals surface area (Å²) >= 11 is 3.06. The normalized spacial score (nSPS) is 16.2. The molecule has 4 rings (SSSR count). The summed E-state index contributed by atoms with van der Waals surface area (Å²) in [7, 11) is 0. The number of rotatable bonds is 8. The van der Waals surface area contributed by atoms with Gasteiger partial charge in [-0.1, -0.05) is 17.4 Å². The molecule has 3 aromatic rings. The molecule has 30 heavy (non-hydrogen) atoms. The number of carbonyl (C=O) groups is 1. The summed E-state index contributed by atoms with van der Waals surface area (Å²) in [5.74, 6) is 0.541. The summed E-state index contributed by atoms with van der Waals surface area (Å²) in [6.07, 6.45) is 2.22. The van der Waals surface area contributed by atoms with Gasteiger partial charge in [-0.3, -0.25) is 4.79 Å². The Hall–Kier alpha value is -2.16. The van der Waals surface area contributed by atoms with Crippen LogP contribution in [0.3, 0.4) is 0 Å². The smallest absolute Gasteiger partial charge is 0.265 e. The van der Waals surface area contributed by atoms with Crippen LogP contribution < -0.4 is 15.0 Å². The number of ether oxygens (including phenoxy) is 2. The van der Waals surface area contributed by atoms with Crippen LogP contribution in [0.25, 0.3) is 9.53 Å². The van der Waals surface area contributed by atoms with E-state index in [0.717, 1.165) is 52.8 Å².